The molecule has 108 valence electrons. The summed E-state index contributed by atoms with van der Waals surface area (Å²) in [6.45, 7) is 3.28. The molecule has 2 aromatic rings. The maximum Gasteiger partial charge on any atom is 0.253 e. The Morgan fingerprint density at radius 3 is 2.38 bits per heavy atom. The number of nitrogen functional groups attached to an aromatic ring is 1. The summed E-state index contributed by atoms with van der Waals surface area (Å²) in [5, 5.41) is 3.25. The van der Waals surface area contributed by atoms with Gasteiger partial charge in [0.25, 0.3) is 5.91 Å². The molecule has 3 rings (SSSR count). The van der Waals surface area contributed by atoms with Crippen LogP contribution in [0.3, 0.4) is 0 Å². The topological polar surface area (TPSA) is 58.4 Å². The number of amides is 1. The normalized spacial score (nSPS) is 15.0. The quantitative estimate of drug-likeness (QED) is 0.828. The van der Waals surface area contributed by atoms with Crippen molar-refractivity contribution in [2.45, 2.75) is 0 Å². The molecule has 21 heavy (non-hydrogen) atoms. The molecule has 0 atom stereocenters. The molecule has 0 aromatic heterocycles. The molecule has 1 fully saturated rings. The van der Waals surface area contributed by atoms with Crippen molar-refractivity contribution in [3.05, 3.63) is 54.1 Å². The summed E-state index contributed by atoms with van der Waals surface area (Å²) in [6.07, 6.45) is 0. The number of hydrogen-bond donors (Lipinski definition) is 2. The van der Waals surface area contributed by atoms with Gasteiger partial charge in [0.15, 0.2) is 0 Å². The van der Waals surface area contributed by atoms with Gasteiger partial charge in [-0.15, -0.1) is 0 Å². The Morgan fingerprint density at radius 2 is 1.71 bits per heavy atom. The smallest absolute Gasteiger partial charge is 0.253 e. The molecular weight excluding hydrogens is 262 g/mol. The van der Waals surface area contributed by atoms with Crippen LogP contribution in [-0.2, 0) is 0 Å². The van der Waals surface area contributed by atoms with E-state index in [0.717, 1.165) is 48.6 Å². The first-order valence-electron chi connectivity index (χ1n) is 7.20. The van der Waals surface area contributed by atoms with Crippen LogP contribution in [0.4, 0.5) is 5.69 Å². The molecular formula is C17H19N3O. The molecule has 4 heteroatoms. The van der Waals surface area contributed by atoms with E-state index in [9.17, 15) is 4.79 Å². The number of carbonyl (C=O) groups excluding carboxylic acids is 1. The van der Waals surface area contributed by atoms with Crippen LogP contribution < -0.4 is 11.1 Å². The van der Waals surface area contributed by atoms with Crippen LogP contribution in [0.2, 0.25) is 0 Å². The lowest BCUT2D eigenvalue weighted by Gasteiger charge is -2.27. The second-order valence-corrected chi connectivity index (χ2v) is 5.25. The predicted octanol–water partition coefficient (Wildman–Crippen LogP) is 1.98. The van der Waals surface area contributed by atoms with E-state index in [2.05, 4.69) is 5.32 Å². The first-order chi connectivity index (χ1) is 10.2. The summed E-state index contributed by atoms with van der Waals surface area (Å²) < 4.78 is 0. The summed E-state index contributed by atoms with van der Waals surface area (Å²) in [7, 11) is 0. The average Bonchev–Trinajstić information content (AvgIpc) is 2.55. The number of nitrogens with two attached hydrogens (primary N) is 1. The first-order valence-corrected chi connectivity index (χ1v) is 7.20. The minimum absolute atomic E-state index is 0.107. The maximum absolute atomic E-state index is 12.4. The zero-order chi connectivity index (χ0) is 14.7. The van der Waals surface area contributed by atoms with Crippen molar-refractivity contribution < 1.29 is 4.79 Å². The van der Waals surface area contributed by atoms with Crippen molar-refractivity contribution >= 4 is 11.6 Å². The van der Waals surface area contributed by atoms with Crippen molar-refractivity contribution in [1.29, 1.82) is 0 Å². The van der Waals surface area contributed by atoms with Gasteiger partial charge in [-0.1, -0.05) is 24.3 Å². The SMILES string of the molecule is Nc1cccc(-c2ccc(C(=O)N3CCNCC3)cc2)c1. The number of nitrogens with zero attached hydrogens (tertiary/aromatic N) is 1. The highest BCUT2D eigenvalue weighted by atomic mass is 16.2. The number of benzene rings is 2. The lowest BCUT2D eigenvalue weighted by atomic mass is 10.0. The number of hydrogen-bond acceptors (Lipinski definition) is 3. The lowest BCUT2D eigenvalue weighted by Crippen LogP contribution is -2.46. The Hall–Kier alpha value is -2.33. The fourth-order valence-corrected chi connectivity index (χ4v) is 2.57. The molecule has 1 saturated heterocycles. The van der Waals surface area contributed by atoms with E-state index in [4.69, 9.17) is 5.73 Å². The van der Waals surface area contributed by atoms with Crippen molar-refractivity contribution in [3.63, 3.8) is 0 Å². The summed E-state index contributed by atoms with van der Waals surface area (Å²) in [4.78, 5) is 14.3. The van der Waals surface area contributed by atoms with Gasteiger partial charge < -0.3 is 16.0 Å². The second-order valence-electron chi connectivity index (χ2n) is 5.25. The molecule has 1 aliphatic rings. The van der Waals surface area contributed by atoms with Gasteiger partial charge in [0.1, 0.15) is 0 Å². The molecule has 0 bridgehead atoms. The van der Waals surface area contributed by atoms with Crippen LogP contribution in [-0.4, -0.2) is 37.0 Å². The van der Waals surface area contributed by atoms with Gasteiger partial charge >= 0.3 is 0 Å². The van der Waals surface area contributed by atoms with Crippen LogP contribution >= 0.6 is 0 Å². The Morgan fingerprint density at radius 1 is 1.00 bits per heavy atom. The molecule has 2 aromatic carbocycles. The molecule has 0 spiro atoms. The van der Waals surface area contributed by atoms with Gasteiger partial charge in [0.05, 0.1) is 0 Å². The van der Waals surface area contributed by atoms with Crippen LogP contribution in [0.5, 0.6) is 0 Å². The van der Waals surface area contributed by atoms with Crippen LogP contribution in [0, 0.1) is 0 Å². The highest BCUT2D eigenvalue weighted by Gasteiger charge is 2.17. The van der Waals surface area contributed by atoms with E-state index in [1.54, 1.807) is 0 Å². The van der Waals surface area contributed by atoms with E-state index in [0.29, 0.717) is 0 Å². The molecule has 3 N–H and O–H groups in total. The van der Waals surface area contributed by atoms with Crippen molar-refractivity contribution in [2.24, 2.45) is 0 Å². The lowest BCUT2D eigenvalue weighted by molar-refractivity contribution is 0.0736. The Labute approximate surface area is 124 Å². The highest BCUT2D eigenvalue weighted by Crippen LogP contribution is 2.22. The fraction of sp³-hybridized carbons (Fsp3) is 0.235. The summed E-state index contributed by atoms with van der Waals surface area (Å²) in [5.41, 5.74) is 9.42. The zero-order valence-corrected chi connectivity index (χ0v) is 11.9. The summed E-state index contributed by atoms with van der Waals surface area (Å²) >= 11 is 0. The molecule has 0 saturated carbocycles. The number of nitrogens with one attached hydrogen (secondary N) is 1. The minimum atomic E-state index is 0.107. The van der Waals surface area contributed by atoms with Crippen LogP contribution in [0.1, 0.15) is 10.4 Å². The minimum Gasteiger partial charge on any atom is -0.399 e. The molecule has 0 radical (unpaired) electrons. The van der Waals surface area contributed by atoms with Gasteiger partial charge in [0, 0.05) is 37.4 Å². The fourth-order valence-electron chi connectivity index (χ4n) is 2.57. The monoisotopic (exact) mass is 281 g/mol. The molecule has 1 heterocycles. The molecule has 4 nitrogen and oxygen atoms in total. The number of rotatable bonds is 2. The van der Waals surface area contributed by atoms with Gasteiger partial charge in [-0.2, -0.15) is 0 Å². The number of anilines is 1. The van der Waals surface area contributed by atoms with Gasteiger partial charge in [-0.3, -0.25) is 4.79 Å². The van der Waals surface area contributed by atoms with E-state index in [1.165, 1.54) is 0 Å². The number of piperazine rings is 1. The van der Waals surface area contributed by atoms with E-state index in [-0.39, 0.29) is 5.91 Å². The molecule has 1 amide bonds. The Balaban J connectivity index is 1.79. The van der Waals surface area contributed by atoms with E-state index in [1.807, 2.05) is 53.4 Å². The van der Waals surface area contributed by atoms with Gasteiger partial charge in [-0.05, 0) is 35.4 Å². The highest BCUT2D eigenvalue weighted by molar-refractivity contribution is 5.94. The third-order valence-electron chi connectivity index (χ3n) is 3.76. The van der Waals surface area contributed by atoms with Gasteiger partial charge in [0.2, 0.25) is 0 Å². The molecule has 0 aliphatic carbocycles. The zero-order valence-electron chi connectivity index (χ0n) is 11.9. The van der Waals surface area contributed by atoms with E-state index < -0.39 is 0 Å². The second kappa shape index (κ2) is 5.97. The van der Waals surface area contributed by atoms with Crippen molar-refractivity contribution in [3.8, 4) is 11.1 Å². The summed E-state index contributed by atoms with van der Waals surface area (Å²) in [6, 6.07) is 15.5. The van der Waals surface area contributed by atoms with Crippen LogP contribution in [0.15, 0.2) is 48.5 Å². The van der Waals surface area contributed by atoms with Gasteiger partial charge in [-0.25, -0.2) is 0 Å². The maximum atomic E-state index is 12.4. The van der Waals surface area contributed by atoms with Crippen molar-refractivity contribution in [1.82, 2.24) is 10.2 Å². The Kier molecular flexibility index (Phi) is 3.88. The molecule has 1 aliphatic heterocycles. The number of carbonyl (C=O) groups is 1. The standard InChI is InChI=1S/C17H19N3O/c18-16-3-1-2-15(12-16)13-4-6-14(7-5-13)17(21)20-10-8-19-9-11-20/h1-7,12,19H,8-11,18H2. The largest absolute Gasteiger partial charge is 0.399 e. The van der Waals surface area contributed by atoms with Crippen LogP contribution in [0.25, 0.3) is 11.1 Å². The van der Waals surface area contributed by atoms with E-state index >= 15 is 0 Å². The Bertz CT molecular complexity index is 631. The third kappa shape index (κ3) is 3.06. The predicted molar refractivity (Wildman–Crippen MR) is 85.1 cm³/mol. The third-order valence-corrected chi connectivity index (χ3v) is 3.76. The summed E-state index contributed by atoms with van der Waals surface area (Å²) in [5.74, 6) is 0.107. The average molecular weight is 281 g/mol. The first kappa shape index (κ1) is 13.6. The molecule has 0 unspecified atom stereocenters. The van der Waals surface area contributed by atoms with Crippen molar-refractivity contribution in [2.75, 3.05) is 31.9 Å².